The predicted octanol–water partition coefficient (Wildman–Crippen LogP) is 3.84. The lowest BCUT2D eigenvalue weighted by Gasteiger charge is -2.31. The summed E-state index contributed by atoms with van der Waals surface area (Å²) < 4.78 is 19.2. The van der Waals surface area contributed by atoms with Crippen LogP contribution in [0.25, 0.3) is 5.65 Å². The van der Waals surface area contributed by atoms with Crippen molar-refractivity contribution < 1.29 is 19.0 Å². The molecular weight excluding hydrogens is 408 g/mol. The summed E-state index contributed by atoms with van der Waals surface area (Å²) in [6.45, 7) is 11.6. The number of hydrogen-bond donors (Lipinski definition) is 1. The molecule has 0 unspecified atom stereocenters. The summed E-state index contributed by atoms with van der Waals surface area (Å²) in [7, 11) is 0. The van der Waals surface area contributed by atoms with Crippen LogP contribution in [-0.2, 0) is 4.74 Å². The Morgan fingerprint density at radius 3 is 2.56 bits per heavy atom. The quantitative estimate of drug-likeness (QED) is 0.604. The van der Waals surface area contributed by atoms with Gasteiger partial charge in [0.1, 0.15) is 22.8 Å². The van der Waals surface area contributed by atoms with Gasteiger partial charge in [-0.3, -0.25) is 9.20 Å². The maximum Gasteiger partial charge on any atom is 0.274 e. The molecule has 4 rings (SSSR count). The van der Waals surface area contributed by atoms with Gasteiger partial charge in [0, 0.05) is 31.4 Å². The highest BCUT2D eigenvalue weighted by Gasteiger charge is 2.23. The number of nitrogens with zero attached hydrogens (tertiary/aromatic N) is 3. The van der Waals surface area contributed by atoms with Gasteiger partial charge in [-0.15, -0.1) is 0 Å². The van der Waals surface area contributed by atoms with Crippen molar-refractivity contribution in [2.75, 3.05) is 49.7 Å². The van der Waals surface area contributed by atoms with Crippen molar-refractivity contribution in [2.24, 2.45) is 0 Å². The zero-order valence-corrected chi connectivity index (χ0v) is 19.1. The molecular formula is C24H30N4O4. The number of carbonyl (C=O) groups excluding carboxylic acids is 1. The van der Waals surface area contributed by atoms with Crippen LogP contribution >= 0.6 is 0 Å². The first-order valence-electron chi connectivity index (χ1n) is 11.1. The van der Waals surface area contributed by atoms with E-state index in [2.05, 4.69) is 15.2 Å². The number of rotatable bonds is 7. The number of aromatic nitrogens is 2. The highest BCUT2D eigenvalue weighted by Crippen LogP contribution is 2.39. The van der Waals surface area contributed by atoms with Crippen molar-refractivity contribution in [2.45, 2.75) is 27.7 Å². The topological polar surface area (TPSA) is 77.3 Å². The summed E-state index contributed by atoms with van der Waals surface area (Å²) in [5, 5.41) is 3.03. The fourth-order valence-electron chi connectivity index (χ4n) is 4.02. The van der Waals surface area contributed by atoms with Gasteiger partial charge in [-0.05, 0) is 39.3 Å². The summed E-state index contributed by atoms with van der Waals surface area (Å²) in [6.07, 6.45) is 1.86. The minimum absolute atomic E-state index is 0.247. The van der Waals surface area contributed by atoms with Gasteiger partial charge >= 0.3 is 0 Å². The molecule has 32 heavy (non-hydrogen) atoms. The molecule has 1 amide bonds. The van der Waals surface area contributed by atoms with Gasteiger partial charge in [-0.1, -0.05) is 6.07 Å². The highest BCUT2D eigenvalue weighted by molar-refractivity contribution is 6.05. The van der Waals surface area contributed by atoms with Crippen molar-refractivity contribution >= 4 is 22.9 Å². The van der Waals surface area contributed by atoms with Crippen molar-refractivity contribution in [1.29, 1.82) is 0 Å². The fourth-order valence-corrected chi connectivity index (χ4v) is 4.02. The van der Waals surface area contributed by atoms with Gasteiger partial charge in [0.15, 0.2) is 0 Å². The molecule has 0 aliphatic carbocycles. The van der Waals surface area contributed by atoms with E-state index in [0.717, 1.165) is 30.0 Å². The fraction of sp³-hybridized carbons (Fsp3) is 0.417. The third kappa shape index (κ3) is 4.23. The van der Waals surface area contributed by atoms with E-state index in [0.29, 0.717) is 55.0 Å². The van der Waals surface area contributed by atoms with Crippen molar-refractivity contribution in [1.82, 2.24) is 9.38 Å². The second-order valence-corrected chi connectivity index (χ2v) is 7.67. The van der Waals surface area contributed by atoms with Gasteiger partial charge < -0.3 is 24.4 Å². The maximum atomic E-state index is 13.3. The summed E-state index contributed by atoms with van der Waals surface area (Å²) in [4.78, 5) is 20.1. The van der Waals surface area contributed by atoms with Crippen LogP contribution in [0.2, 0.25) is 0 Å². The number of hydrogen-bond acceptors (Lipinski definition) is 6. The third-order valence-corrected chi connectivity index (χ3v) is 5.50. The number of pyridine rings is 1. The smallest absolute Gasteiger partial charge is 0.274 e. The van der Waals surface area contributed by atoms with Crippen LogP contribution in [0.4, 0.5) is 11.4 Å². The van der Waals surface area contributed by atoms with Gasteiger partial charge in [-0.2, -0.15) is 0 Å². The first-order chi connectivity index (χ1) is 15.5. The van der Waals surface area contributed by atoms with Crippen LogP contribution < -0.4 is 19.7 Å². The largest absolute Gasteiger partial charge is 0.492 e. The average Bonchev–Trinajstić information content (AvgIpc) is 3.13. The van der Waals surface area contributed by atoms with Crippen LogP contribution in [0.3, 0.4) is 0 Å². The summed E-state index contributed by atoms with van der Waals surface area (Å²) in [6, 6.07) is 7.69. The molecule has 1 aromatic carbocycles. The Balaban J connectivity index is 1.72. The number of nitrogens with one attached hydrogen (secondary N) is 1. The molecule has 1 N–H and O–H groups in total. The monoisotopic (exact) mass is 438 g/mol. The lowest BCUT2D eigenvalue weighted by Crippen LogP contribution is -2.36. The number of amides is 1. The lowest BCUT2D eigenvalue weighted by atomic mass is 10.2. The van der Waals surface area contributed by atoms with Gasteiger partial charge in [0.05, 0.1) is 43.5 Å². The van der Waals surface area contributed by atoms with Gasteiger partial charge in [0.25, 0.3) is 5.91 Å². The third-order valence-electron chi connectivity index (χ3n) is 5.50. The summed E-state index contributed by atoms with van der Waals surface area (Å²) in [5.41, 5.74) is 4.47. The molecule has 1 saturated heterocycles. The molecule has 3 heterocycles. The Kier molecular flexibility index (Phi) is 6.50. The Morgan fingerprint density at radius 2 is 1.84 bits per heavy atom. The molecule has 0 atom stereocenters. The molecule has 2 aromatic heterocycles. The highest BCUT2D eigenvalue weighted by atomic mass is 16.5. The Hall–Kier alpha value is -3.26. The molecule has 8 nitrogen and oxygen atoms in total. The van der Waals surface area contributed by atoms with E-state index in [-0.39, 0.29) is 5.91 Å². The second-order valence-electron chi connectivity index (χ2n) is 7.67. The minimum Gasteiger partial charge on any atom is -0.492 e. The minimum atomic E-state index is -0.247. The van der Waals surface area contributed by atoms with Crippen LogP contribution in [0.15, 0.2) is 30.5 Å². The Morgan fingerprint density at radius 1 is 1.12 bits per heavy atom. The zero-order chi connectivity index (χ0) is 22.7. The molecule has 0 spiro atoms. The number of aryl methyl sites for hydroxylation is 2. The van der Waals surface area contributed by atoms with Crippen LogP contribution in [-0.4, -0.2) is 54.8 Å². The van der Waals surface area contributed by atoms with Crippen LogP contribution in [0.5, 0.6) is 11.5 Å². The standard InChI is InChI=1S/C24H30N4O4/c1-5-31-20-15-19(27-10-12-30-13-11-27)21(32-6-2)14-18(20)26-24(29)22-17(4)25-23-16(3)8-7-9-28(22)23/h7-9,14-15H,5-6,10-13H2,1-4H3,(H,26,29). The van der Waals surface area contributed by atoms with Gasteiger partial charge in [-0.25, -0.2) is 4.98 Å². The number of carbonyl (C=O) groups is 1. The Bertz CT molecular complexity index is 1120. The molecule has 1 fully saturated rings. The van der Waals surface area contributed by atoms with Crippen LogP contribution in [0.1, 0.15) is 35.6 Å². The molecule has 1 aliphatic heterocycles. The summed E-state index contributed by atoms with van der Waals surface area (Å²) in [5.74, 6) is 1.07. The Labute approximate surface area is 188 Å². The predicted molar refractivity (Wildman–Crippen MR) is 124 cm³/mol. The molecule has 170 valence electrons. The van der Waals surface area contributed by atoms with E-state index in [9.17, 15) is 4.79 Å². The average molecular weight is 439 g/mol. The number of morpholine rings is 1. The second kappa shape index (κ2) is 9.48. The van der Waals surface area contributed by atoms with E-state index in [1.807, 2.05) is 62.6 Å². The van der Waals surface area contributed by atoms with E-state index >= 15 is 0 Å². The number of imidazole rings is 1. The lowest BCUT2D eigenvalue weighted by molar-refractivity contribution is 0.102. The summed E-state index contributed by atoms with van der Waals surface area (Å²) >= 11 is 0. The van der Waals surface area contributed by atoms with Gasteiger partial charge in [0.2, 0.25) is 0 Å². The maximum absolute atomic E-state index is 13.3. The van der Waals surface area contributed by atoms with Crippen molar-refractivity contribution in [3.05, 3.63) is 47.4 Å². The van der Waals surface area contributed by atoms with E-state index < -0.39 is 0 Å². The first-order valence-corrected chi connectivity index (χ1v) is 11.1. The number of ether oxygens (including phenoxy) is 3. The molecule has 0 saturated carbocycles. The molecule has 0 radical (unpaired) electrons. The van der Waals surface area contributed by atoms with E-state index in [1.165, 1.54) is 0 Å². The number of benzene rings is 1. The van der Waals surface area contributed by atoms with Crippen LogP contribution in [0, 0.1) is 13.8 Å². The normalized spacial score (nSPS) is 13.9. The van der Waals surface area contributed by atoms with E-state index in [1.54, 1.807) is 0 Å². The number of anilines is 2. The molecule has 3 aromatic rings. The molecule has 8 heteroatoms. The SMILES string of the molecule is CCOc1cc(N2CCOCC2)c(OCC)cc1NC(=O)c1c(C)nc2c(C)cccn12. The zero-order valence-electron chi connectivity index (χ0n) is 19.1. The van der Waals surface area contributed by atoms with E-state index in [4.69, 9.17) is 14.2 Å². The number of fused-ring (bicyclic) bond motifs is 1. The van der Waals surface area contributed by atoms with Crippen molar-refractivity contribution in [3.63, 3.8) is 0 Å². The molecule has 1 aliphatic rings. The van der Waals surface area contributed by atoms with Crippen molar-refractivity contribution in [3.8, 4) is 11.5 Å². The molecule has 0 bridgehead atoms. The first kappa shape index (κ1) is 22.0.